The lowest BCUT2D eigenvalue weighted by Gasteiger charge is -2.26. The highest BCUT2D eigenvalue weighted by atomic mass is 16.5. The van der Waals surface area contributed by atoms with Gasteiger partial charge in [-0.3, -0.25) is 14.7 Å². The minimum atomic E-state index is -0.211. The number of amides is 1. The predicted molar refractivity (Wildman–Crippen MR) is 126 cm³/mol. The van der Waals surface area contributed by atoms with Gasteiger partial charge in [0.25, 0.3) is 5.91 Å². The van der Waals surface area contributed by atoms with Crippen LogP contribution in [0.1, 0.15) is 10.4 Å². The molecular weight excluding hydrogens is 418 g/mol. The number of ether oxygens (including phenoxy) is 2. The maximum Gasteiger partial charge on any atom is 0.257 e. The molecular formula is C25H25N5O3. The third-order valence-electron chi connectivity index (χ3n) is 5.66. The van der Waals surface area contributed by atoms with Gasteiger partial charge in [0.15, 0.2) is 0 Å². The molecule has 168 valence electrons. The topological polar surface area (TPSA) is 92.4 Å². The molecule has 0 radical (unpaired) electrons. The summed E-state index contributed by atoms with van der Waals surface area (Å²) in [6, 6.07) is 13.5. The Labute approximate surface area is 191 Å². The summed E-state index contributed by atoms with van der Waals surface area (Å²) in [5, 5.41) is 3.63. The van der Waals surface area contributed by atoms with Crippen LogP contribution in [0, 0.1) is 0 Å². The summed E-state index contributed by atoms with van der Waals surface area (Å²) in [5.41, 5.74) is 3.77. The van der Waals surface area contributed by atoms with Crippen LogP contribution in [0.5, 0.6) is 5.75 Å². The number of anilines is 1. The van der Waals surface area contributed by atoms with Crippen molar-refractivity contribution < 1.29 is 14.3 Å². The first-order valence-corrected chi connectivity index (χ1v) is 11.0. The molecule has 0 saturated carbocycles. The van der Waals surface area contributed by atoms with Crippen LogP contribution in [0.4, 0.5) is 5.69 Å². The van der Waals surface area contributed by atoms with Gasteiger partial charge in [-0.05, 0) is 35.9 Å². The van der Waals surface area contributed by atoms with E-state index in [1.165, 1.54) is 0 Å². The molecule has 3 aromatic heterocycles. The summed E-state index contributed by atoms with van der Waals surface area (Å²) < 4.78 is 11.3. The Morgan fingerprint density at radius 1 is 1.12 bits per heavy atom. The molecule has 4 aromatic rings. The number of nitrogens with one attached hydrogen (secondary N) is 2. The number of aromatic nitrogens is 3. The number of hydrogen-bond acceptors (Lipinski definition) is 6. The molecule has 0 aliphatic carbocycles. The third kappa shape index (κ3) is 5.02. The van der Waals surface area contributed by atoms with Gasteiger partial charge in [-0.25, -0.2) is 4.98 Å². The van der Waals surface area contributed by atoms with Gasteiger partial charge in [-0.1, -0.05) is 12.1 Å². The van der Waals surface area contributed by atoms with Crippen molar-refractivity contribution >= 4 is 22.6 Å². The molecule has 2 N–H and O–H groups in total. The van der Waals surface area contributed by atoms with Crippen LogP contribution >= 0.6 is 0 Å². The molecule has 4 heterocycles. The maximum atomic E-state index is 12.8. The smallest absolute Gasteiger partial charge is 0.257 e. The number of hydrogen-bond donors (Lipinski definition) is 2. The van der Waals surface area contributed by atoms with Gasteiger partial charge in [0.05, 0.1) is 30.7 Å². The van der Waals surface area contributed by atoms with E-state index in [9.17, 15) is 4.79 Å². The number of H-pyrrole nitrogens is 1. The van der Waals surface area contributed by atoms with Crippen molar-refractivity contribution in [3.8, 4) is 16.9 Å². The molecule has 0 bridgehead atoms. The highest BCUT2D eigenvalue weighted by molar-refractivity contribution is 6.12. The van der Waals surface area contributed by atoms with E-state index in [1.807, 2.05) is 30.3 Å². The van der Waals surface area contributed by atoms with E-state index in [0.717, 1.165) is 55.1 Å². The van der Waals surface area contributed by atoms with Crippen molar-refractivity contribution in [2.75, 3.05) is 44.8 Å². The Bertz CT molecular complexity index is 1220. The van der Waals surface area contributed by atoms with Crippen LogP contribution in [0.2, 0.25) is 0 Å². The second-order valence-electron chi connectivity index (χ2n) is 7.85. The molecule has 33 heavy (non-hydrogen) atoms. The minimum Gasteiger partial charge on any atom is -0.492 e. The monoisotopic (exact) mass is 443 g/mol. The van der Waals surface area contributed by atoms with Gasteiger partial charge in [0, 0.05) is 49.2 Å². The first-order chi connectivity index (χ1) is 16.3. The third-order valence-corrected chi connectivity index (χ3v) is 5.66. The maximum absolute atomic E-state index is 12.8. The normalized spacial score (nSPS) is 14.3. The van der Waals surface area contributed by atoms with Crippen LogP contribution in [-0.4, -0.2) is 65.2 Å². The lowest BCUT2D eigenvalue weighted by atomic mass is 10.1. The number of pyridine rings is 2. The van der Waals surface area contributed by atoms with Crippen LogP contribution in [-0.2, 0) is 4.74 Å². The van der Waals surface area contributed by atoms with E-state index in [-0.39, 0.29) is 5.91 Å². The van der Waals surface area contributed by atoms with E-state index in [2.05, 4.69) is 25.2 Å². The van der Waals surface area contributed by atoms with Crippen LogP contribution < -0.4 is 10.1 Å². The highest BCUT2D eigenvalue weighted by Gasteiger charge is 2.14. The minimum absolute atomic E-state index is 0.211. The summed E-state index contributed by atoms with van der Waals surface area (Å²) in [4.78, 5) is 26.7. The van der Waals surface area contributed by atoms with E-state index in [0.29, 0.717) is 23.5 Å². The first-order valence-electron chi connectivity index (χ1n) is 11.0. The molecule has 5 rings (SSSR count). The molecule has 1 fully saturated rings. The second kappa shape index (κ2) is 9.81. The molecule has 1 aliphatic rings. The number of carbonyl (C=O) groups is 1. The molecule has 0 spiro atoms. The lowest BCUT2D eigenvalue weighted by Crippen LogP contribution is -2.38. The number of nitrogens with zero attached hydrogens (tertiary/aromatic N) is 3. The molecule has 0 atom stereocenters. The fraction of sp³-hybridized carbons (Fsp3) is 0.240. The van der Waals surface area contributed by atoms with Gasteiger partial charge in [-0.15, -0.1) is 0 Å². The average Bonchev–Trinajstić information content (AvgIpc) is 3.29. The number of rotatable bonds is 7. The number of aromatic amines is 1. The molecule has 1 aromatic carbocycles. The zero-order valence-electron chi connectivity index (χ0n) is 18.2. The van der Waals surface area contributed by atoms with Gasteiger partial charge < -0.3 is 19.8 Å². The van der Waals surface area contributed by atoms with Crippen molar-refractivity contribution in [2.45, 2.75) is 0 Å². The number of benzene rings is 1. The van der Waals surface area contributed by atoms with Crippen molar-refractivity contribution in [1.82, 2.24) is 19.9 Å². The summed E-state index contributed by atoms with van der Waals surface area (Å²) in [7, 11) is 0. The van der Waals surface area contributed by atoms with E-state index < -0.39 is 0 Å². The van der Waals surface area contributed by atoms with Crippen LogP contribution in [0.15, 0.2) is 67.3 Å². The van der Waals surface area contributed by atoms with Gasteiger partial charge in [-0.2, -0.15) is 0 Å². The van der Waals surface area contributed by atoms with Crippen molar-refractivity contribution in [3.05, 3.63) is 72.8 Å². The number of fused-ring (bicyclic) bond motifs is 1. The molecule has 0 unspecified atom stereocenters. The summed E-state index contributed by atoms with van der Waals surface area (Å²) >= 11 is 0. The van der Waals surface area contributed by atoms with E-state index in [4.69, 9.17) is 9.47 Å². The first kappa shape index (κ1) is 21.1. The Kier molecular flexibility index (Phi) is 6.27. The standard InChI is InChI=1S/C25H25N5O3/c31-25(29-20-2-1-7-26-16-20)23-17-28-24-22(23)14-19(15-27-24)18-3-5-21(6-4-18)33-13-10-30-8-11-32-12-9-30/h1-7,14-17H,8-13H2,(H,27,28)(H,29,31). The largest absolute Gasteiger partial charge is 0.492 e. The average molecular weight is 444 g/mol. The van der Waals surface area contributed by atoms with Crippen LogP contribution in [0.25, 0.3) is 22.2 Å². The van der Waals surface area contributed by atoms with Crippen LogP contribution in [0.3, 0.4) is 0 Å². The van der Waals surface area contributed by atoms with Crippen molar-refractivity contribution in [3.63, 3.8) is 0 Å². The van der Waals surface area contributed by atoms with Gasteiger partial charge in [0.2, 0.25) is 0 Å². The number of morpholine rings is 1. The SMILES string of the molecule is O=C(Nc1cccnc1)c1c[nH]c2ncc(-c3ccc(OCCN4CCOCC4)cc3)cc12. The molecule has 8 nitrogen and oxygen atoms in total. The summed E-state index contributed by atoms with van der Waals surface area (Å²) in [6.07, 6.45) is 6.76. The molecule has 1 saturated heterocycles. The summed E-state index contributed by atoms with van der Waals surface area (Å²) in [5.74, 6) is 0.622. The molecule has 1 amide bonds. The van der Waals surface area contributed by atoms with Gasteiger partial charge >= 0.3 is 0 Å². The molecule has 1 aliphatic heterocycles. The van der Waals surface area contributed by atoms with E-state index >= 15 is 0 Å². The second-order valence-corrected chi connectivity index (χ2v) is 7.85. The van der Waals surface area contributed by atoms with Gasteiger partial charge in [0.1, 0.15) is 18.0 Å². The quantitative estimate of drug-likeness (QED) is 0.454. The zero-order valence-corrected chi connectivity index (χ0v) is 18.2. The summed E-state index contributed by atoms with van der Waals surface area (Å²) in [6.45, 7) is 5.04. The Hall–Kier alpha value is -3.75. The zero-order chi connectivity index (χ0) is 22.5. The Morgan fingerprint density at radius 2 is 1.97 bits per heavy atom. The fourth-order valence-corrected chi connectivity index (χ4v) is 3.85. The molecule has 8 heteroatoms. The highest BCUT2D eigenvalue weighted by Crippen LogP contribution is 2.27. The number of carbonyl (C=O) groups excluding carboxylic acids is 1. The lowest BCUT2D eigenvalue weighted by molar-refractivity contribution is 0.0322. The Balaban J connectivity index is 1.27. The Morgan fingerprint density at radius 3 is 2.76 bits per heavy atom. The van der Waals surface area contributed by atoms with Crippen molar-refractivity contribution in [2.24, 2.45) is 0 Å². The van der Waals surface area contributed by atoms with Crippen molar-refractivity contribution in [1.29, 1.82) is 0 Å². The fourth-order valence-electron chi connectivity index (χ4n) is 3.85. The predicted octanol–water partition coefficient (Wildman–Crippen LogP) is 3.59. The van der Waals surface area contributed by atoms with E-state index in [1.54, 1.807) is 36.9 Å².